The molecular formula is C20H14O7. The van der Waals surface area contributed by atoms with Crippen LogP contribution in [0.4, 0.5) is 0 Å². The minimum Gasteiger partial charge on any atom is -0.507 e. The molecule has 0 saturated carbocycles. The number of rotatable bonds is 1. The fourth-order valence-electron chi connectivity index (χ4n) is 4.38. The average molecular weight is 366 g/mol. The molecule has 1 unspecified atom stereocenters. The fraction of sp³-hybridized carbons (Fsp3) is 0.250. The standard InChI is InChI=1S/C20H14O7/c1-7(21)20-6-10(22)11-14(19(20)27-20)18(26)13-12(17(11)25)15(23)8-4-2-3-5-9(8)16(13)24/h2-5,10,19,22,25-26H,6H2,1H3/t10-,19?,20-/m0/s1. The van der Waals surface area contributed by atoms with Gasteiger partial charge >= 0.3 is 0 Å². The maximum atomic E-state index is 12.9. The molecule has 3 atom stereocenters. The van der Waals surface area contributed by atoms with Gasteiger partial charge in [0, 0.05) is 28.7 Å². The number of ether oxygens (including phenoxy) is 1. The molecule has 0 spiro atoms. The molecule has 1 heterocycles. The first-order chi connectivity index (χ1) is 12.8. The molecule has 136 valence electrons. The van der Waals surface area contributed by atoms with Gasteiger partial charge in [-0.15, -0.1) is 0 Å². The Morgan fingerprint density at radius 2 is 1.56 bits per heavy atom. The van der Waals surface area contributed by atoms with Crippen molar-refractivity contribution in [2.24, 2.45) is 0 Å². The van der Waals surface area contributed by atoms with E-state index in [1.54, 1.807) is 12.1 Å². The van der Waals surface area contributed by atoms with E-state index in [-0.39, 0.29) is 45.6 Å². The maximum Gasteiger partial charge on any atom is 0.198 e. The van der Waals surface area contributed by atoms with Crippen molar-refractivity contribution in [3.05, 3.63) is 57.6 Å². The lowest BCUT2D eigenvalue weighted by Crippen LogP contribution is -2.31. The van der Waals surface area contributed by atoms with E-state index in [1.807, 2.05) is 0 Å². The Morgan fingerprint density at radius 3 is 2.07 bits per heavy atom. The summed E-state index contributed by atoms with van der Waals surface area (Å²) in [5.41, 5.74) is -1.75. The highest BCUT2D eigenvalue weighted by Crippen LogP contribution is 2.64. The second-order valence-corrected chi connectivity index (χ2v) is 7.14. The molecular weight excluding hydrogens is 352 g/mol. The smallest absolute Gasteiger partial charge is 0.198 e. The van der Waals surface area contributed by atoms with Gasteiger partial charge in [0.25, 0.3) is 0 Å². The maximum absolute atomic E-state index is 12.9. The molecule has 1 aliphatic heterocycles. The van der Waals surface area contributed by atoms with Gasteiger partial charge in [-0.1, -0.05) is 24.3 Å². The SMILES string of the molecule is CC(=O)[C@@]12C[C@H](O)c3c(O)c4c(c(O)c3C1O2)C(=O)c1ccccc1C4=O. The van der Waals surface area contributed by atoms with Crippen molar-refractivity contribution in [1.29, 1.82) is 0 Å². The number of carbonyl (C=O) groups is 3. The summed E-state index contributed by atoms with van der Waals surface area (Å²) in [6.45, 7) is 1.32. The van der Waals surface area contributed by atoms with Crippen molar-refractivity contribution in [1.82, 2.24) is 0 Å². The Balaban J connectivity index is 1.83. The lowest BCUT2D eigenvalue weighted by atomic mass is 9.74. The molecule has 1 saturated heterocycles. The summed E-state index contributed by atoms with van der Waals surface area (Å²) in [5, 5.41) is 32.1. The average Bonchev–Trinajstić information content (AvgIpc) is 3.37. The summed E-state index contributed by atoms with van der Waals surface area (Å²) >= 11 is 0. The van der Waals surface area contributed by atoms with Gasteiger partial charge in [-0.3, -0.25) is 14.4 Å². The van der Waals surface area contributed by atoms with Crippen LogP contribution < -0.4 is 0 Å². The molecule has 2 aromatic carbocycles. The highest BCUT2D eigenvalue weighted by molar-refractivity contribution is 6.30. The molecule has 0 radical (unpaired) electrons. The van der Waals surface area contributed by atoms with Crippen molar-refractivity contribution in [3.8, 4) is 11.5 Å². The molecule has 2 aromatic rings. The zero-order chi connectivity index (χ0) is 19.2. The van der Waals surface area contributed by atoms with Gasteiger partial charge in [0.05, 0.1) is 17.2 Å². The molecule has 0 bridgehead atoms. The predicted octanol–water partition coefficient (Wildman–Crippen LogP) is 1.71. The molecule has 3 aliphatic rings. The zero-order valence-corrected chi connectivity index (χ0v) is 14.1. The number of aliphatic hydroxyl groups is 1. The summed E-state index contributed by atoms with van der Waals surface area (Å²) in [7, 11) is 0. The van der Waals surface area contributed by atoms with E-state index in [2.05, 4.69) is 0 Å². The van der Waals surface area contributed by atoms with Crippen LogP contribution in [0.1, 0.15) is 68.5 Å². The largest absolute Gasteiger partial charge is 0.507 e. The first kappa shape index (κ1) is 16.2. The molecule has 7 heteroatoms. The Kier molecular flexibility index (Phi) is 2.88. The third-order valence-electron chi connectivity index (χ3n) is 5.78. The number of phenolic OH excluding ortho intramolecular Hbond substituents is 2. The first-order valence-corrected chi connectivity index (χ1v) is 8.46. The molecule has 0 amide bonds. The number of Topliss-reactive ketones (excluding diaryl/α,β-unsaturated/α-hetero) is 1. The molecule has 1 fully saturated rings. The number of epoxide rings is 1. The Hall–Kier alpha value is -3.03. The van der Waals surface area contributed by atoms with E-state index in [0.29, 0.717) is 0 Å². The van der Waals surface area contributed by atoms with E-state index in [4.69, 9.17) is 4.74 Å². The van der Waals surface area contributed by atoms with Gasteiger partial charge in [-0.05, 0) is 6.92 Å². The van der Waals surface area contributed by atoms with Crippen molar-refractivity contribution in [2.45, 2.75) is 31.2 Å². The van der Waals surface area contributed by atoms with Gasteiger partial charge in [-0.2, -0.15) is 0 Å². The van der Waals surface area contributed by atoms with E-state index >= 15 is 0 Å². The zero-order valence-electron chi connectivity index (χ0n) is 14.1. The number of carbonyl (C=O) groups excluding carboxylic acids is 3. The number of phenols is 2. The predicted molar refractivity (Wildman–Crippen MR) is 89.9 cm³/mol. The Bertz CT molecular complexity index is 1100. The lowest BCUT2D eigenvalue weighted by molar-refractivity contribution is -0.123. The highest BCUT2D eigenvalue weighted by Gasteiger charge is 2.67. The summed E-state index contributed by atoms with van der Waals surface area (Å²) in [6.07, 6.45) is -2.28. The normalized spacial score (nSPS) is 27.3. The third-order valence-corrected chi connectivity index (χ3v) is 5.78. The van der Waals surface area contributed by atoms with Crippen LogP contribution in [0.2, 0.25) is 0 Å². The van der Waals surface area contributed by atoms with E-state index in [1.165, 1.54) is 19.1 Å². The van der Waals surface area contributed by atoms with Gasteiger partial charge in [-0.25, -0.2) is 0 Å². The Morgan fingerprint density at radius 1 is 1.04 bits per heavy atom. The summed E-state index contributed by atoms with van der Waals surface area (Å²) in [5.74, 6) is -2.61. The lowest BCUT2D eigenvalue weighted by Gasteiger charge is -2.29. The number of hydrogen-bond donors (Lipinski definition) is 3. The molecule has 3 N–H and O–H groups in total. The minimum absolute atomic E-state index is 0.000677. The number of aromatic hydroxyl groups is 2. The van der Waals surface area contributed by atoms with Crippen molar-refractivity contribution in [2.75, 3.05) is 0 Å². The van der Waals surface area contributed by atoms with Crippen molar-refractivity contribution >= 4 is 17.3 Å². The molecule has 0 aromatic heterocycles. The summed E-state index contributed by atoms with van der Waals surface area (Å²) < 4.78 is 5.51. The van der Waals surface area contributed by atoms with Crippen LogP contribution in [0.15, 0.2) is 24.3 Å². The molecule has 7 nitrogen and oxygen atoms in total. The molecule has 2 aliphatic carbocycles. The fourth-order valence-corrected chi connectivity index (χ4v) is 4.38. The van der Waals surface area contributed by atoms with E-state index in [0.717, 1.165) is 0 Å². The van der Waals surface area contributed by atoms with Crippen molar-refractivity contribution < 1.29 is 34.4 Å². The van der Waals surface area contributed by atoms with Crippen LogP contribution in [0, 0.1) is 0 Å². The quantitative estimate of drug-likeness (QED) is 0.442. The summed E-state index contributed by atoms with van der Waals surface area (Å²) in [4.78, 5) is 37.8. The third kappa shape index (κ3) is 1.75. The van der Waals surface area contributed by atoms with Crippen molar-refractivity contribution in [3.63, 3.8) is 0 Å². The van der Waals surface area contributed by atoms with E-state index in [9.17, 15) is 29.7 Å². The van der Waals surface area contributed by atoms with Gasteiger partial charge in [0.2, 0.25) is 0 Å². The number of ketones is 3. The highest BCUT2D eigenvalue weighted by atomic mass is 16.6. The topological polar surface area (TPSA) is 124 Å². The van der Waals surface area contributed by atoms with Gasteiger partial charge < -0.3 is 20.1 Å². The van der Waals surface area contributed by atoms with Crippen LogP contribution in [0.25, 0.3) is 0 Å². The summed E-state index contributed by atoms with van der Waals surface area (Å²) in [6, 6.07) is 6.13. The first-order valence-electron chi connectivity index (χ1n) is 8.46. The van der Waals surface area contributed by atoms with Crippen LogP contribution in [0.3, 0.4) is 0 Å². The molecule has 27 heavy (non-hydrogen) atoms. The van der Waals surface area contributed by atoms with Crippen LogP contribution in [-0.4, -0.2) is 38.3 Å². The van der Waals surface area contributed by atoms with Crippen LogP contribution in [-0.2, 0) is 9.53 Å². The Labute approximate surface area is 152 Å². The number of fused-ring (bicyclic) bond motifs is 5. The van der Waals surface area contributed by atoms with Crippen LogP contribution >= 0.6 is 0 Å². The monoisotopic (exact) mass is 366 g/mol. The van der Waals surface area contributed by atoms with Gasteiger partial charge in [0.1, 0.15) is 17.6 Å². The van der Waals surface area contributed by atoms with E-state index < -0.39 is 40.9 Å². The van der Waals surface area contributed by atoms with Gasteiger partial charge in [0.15, 0.2) is 23.0 Å². The number of aliphatic hydroxyl groups excluding tert-OH is 1. The second-order valence-electron chi connectivity index (χ2n) is 7.14. The minimum atomic E-state index is -1.32. The van der Waals surface area contributed by atoms with Crippen LogP contribution in [0.5, 0.6) is 11.5 Å². The second kappa shape index (κ2) is 4.82. The number of hydrogen-bond acceptors (Lipinski definition) is 7. The molecule has 5 rings (SSSR count). The number of benzene rings is 2.